The molecule has 0 amide bonds. The number of rotatable bonds is 0. The molecule has 4 saturated heterocycles. The lowest BCUT2D eigenvalue weighted by Gasteiger charge is -2.46. The molecule has 0 saturated carbocycles. The molecule has 4 fully saturated rings. The second-order valence-electron chi connectivity index (χ2n) is 5.12. The smallest absolute Gasteiger partial charge is 0.173 e. The Morgan fingerprint density at radius 1 is 0.714 bits per heavy atom. The maximum Gasteiger partial charge on any atom is 0.173 e. The largest absolute Gasteiger partial charge is 0.315 e. The number of nitrogens with one attached hydrogen (secondary N) is 1. The van der Waals surface area contributed by atoms with Crippen LogP contribution in [0.4, 0.5) is 0 Å². The summed E-state index contributed by atoms with van der Waals surface area (Å²) in [5.41, 5.74) is 0. The average Bonchev–Trinajstić information content (AvgIpc) is 2.77. The first kappa shape index (κ1) is 8.05. The summed E-state index contributed by atoms with van der Waals surface area (Å²) >= 11 is 0. The molecule has 0 aromatic carbocycles. The number of piperazine rings is 2. The van der Waals surface area contributed by atoms with E-state index in [9.17, 15) is 0 Å². The van der Waals surface area contributed by atoms with Gasteiger partial charge in [-0.15, -0.1) is 0 Å². The van der Waals surface area contributed by atoms with Gasteiger partial charge >= 0.3 is 0 Å². The maximum absolute atomic E-state index is 2.73. The Bertz CT molecular complexity index is 207. The Morgan fingerprint density at radius 2 is 1.29 bits per heavy atom. The van der Waals surface area contributed by atoms with Crippen LogP contribution < -0.4 is 4.90 Å². The molecule has 4 heteroatoms. The zero-order valence-electron chi connectivity index (χ0n) is 8.65. The minimum absolute atomic E-state index is 0.773. The minimum atomic E-state index is 0.773. The van der Waals surface area contributed by atoms with Gasteiger partial charge in [-0.25, -0.2) is 4.90 Å². The second-order valence-corrected chi connectivity index (χ2v) is 5.12. The zero-order valence-corrected chi connectivity index (χ0v) is 8.65. The molecule has 4 nitrogen and oxygen atoms in total. The fraction of sp³-hybridized carbons (Fsp3) is 1.00. The molecule has 0 spiro atoms. The predicted octanol–water partition coefficient (Wildman–Crippen LogP) is -2.52. The highest BCUT2D eigenvalue weighted by atomic mass is 15.6. The van der Waals surface area contributed by atoms with Crippen molar-refractivity contribution in [2.45, 2.75) is 12.3 Å². The van der Waals surface area contributed by atoms with Gasteiger partial charge in [-0.2, -0.15) is 0 Å². The molecule has 3 unspecified atom stereocenters. The number of nitrogens with zero attached hydrogens (tertiary/aromatic N) is 3. The number of quaternary nitrogens is 1. The molecular formula is C10H19N4+. The lowest BCUT2D eigenvalue weighted by Crippen LogP contribution is -3.19. The summed E-state index contributed by atoms with van der Waals surface area (Å²) in [5.74, 6) is 0. The molecule has 0 aromatic heterocycles. The van der Waals surface area contributed by atoms with E-state index in [0.717, 1.165) is 12.3 Å². The summed E-state index contributed by atoms with van der Waals surface area (Å²) in [4.78, 5) is 10.0. The highest BCUT2D eigenvalue weighted by molar-refractivity contribution is 4.94. The monoisotopic (exact) mass is 195 g/mol. The first-order valence-corrected chi connectivity index (χ1v) is 6.00. The molecule has 4 heterocycles. The summed E-state index contributed by atoms with van der Waals surface area (Å²) in [7, 11) is 0. The van der Waals surface area contributed by atoms with E-state index in [1.807, 2.05) is 4.90 Å². The summed E-state index contributed by atoms with van der Waals surface area (Å²) in [5, 5.41) is 0. The zero-order chi connectivity index (χ0) is 9.12. The van der Waals surface area contributed by atoms with Gasteiger partial charge in [0, 0.05) is 32.7 Å². The van der Waals surface area contributed by atoms with Crippen LogP contribution in [0.5, 0.6) is 0 Å². The van der Waals surface area contributed by atoms with Crippen molar-refractivity contribution in [3.63, 3.8) is 0 Å². The fourth-order valence-electron chi connectivity index (χ4n) is 3.94. The van der Waals surface area contributed by atoms with Gasteiger partial charge in [-0.1, -0.05) is 0 Å². The van der Waals surface area contributed by atoms with Crippen molar-refractivity contribution in [2.24, 2.45) is 0 Å². The number of hydrogen-bond acceptors (Lipinski definition) is 3. The van der Waals surface area contributed by atoms with Gasteiger partial charge in [0.1, 0.15) is 6.17 Å². The van der Waals surface area contributed by atoms with Gasteiger partial charge in [-0.05, 0) is 0 Å². The molecule has 0 aromatic rings. The topological polar surface area (TPSA) is 14.2 Å². The van der Waals surface area contributed by atoms with Crippen LogP contribution in [0.25, 0.3) is 0 Å². The Labute approximate surface area is 85.0 Å². The summed E-state index contributed by atoms with van der Waals surface area (Å²) < 4.78 is 0. The van der Waals surface area contributed by atoms with E-state index in [2.05, 4.69) is 14.7 Å². The molecule has 3 atom stereocenters. The van der Waals surface area contributed by atoms with Crippen molar-refractivity contribution in [3.8, 4) is 0 Å². The van der Waals surface area contributed by atoms with Crippen molar-refractivity contribution in [1.82, 2.24) is 14.7 Å². The van der Waals surface area contributed by atoms with Crippen LogP contribution in [0.3, 0.4) is 0 Å². The van der Waals surface area contributed by atoms with E-state index in [1.165, 1.54) is 52.4 Å². The highest BCUT2D eigenvalue weighted by Crippen LogP contribution is 2.25. The Kier molecular flexibility index (Phi) is 1.55. The van der Waals surface area contributed by atoms with Crippen molar-refractivity contribution < 1.29 is 4.90 Å². The molecule has 4 rings (SSSR count). The van der Waals surface area contributed by atoms with Crippen molar-refractivity contribution in [1.29, 1.82) is 0 Å². The molecule has 4 aliphatic rings. The van der Waals surface area contributed by atoms with E-state index < -0.39 is 0 Å². The summed E-state index contributed by atoms with van der Waals surface area (Å²) in [6.45, 7) is 10.7. The van der Waals surface area contributed by atoms with Gasteiger partial charge < -0.3 is 4.90 Å². The van der Waals surface area contributed by atoms with E-state index in [1.54, 1.807) is 0 Å². The van der Waals surface area contributed by atoms with Crippen LogP contribution in [0.15, 0.2) is 0 Å². The number of hydrogen-bond donors (Lipinski definition) is 1. The maximum atomic E-state index is 2.73. The molecule has 0 bridgehead atoms. The van der Waals surface area contributed by atoms with Gasteiger partial charge in [0.05, 0.1) is 19.6 Å². The molecule has 14 heavy (non-hydrogen) atoms. The molecule has 78 valence electrons. The van der Waals surface area contributed by atoms with Crippen molar-refractivity contribution >= 4 is 0 Å². The third kappa shape index (κ3) is 0.877. The molecule has 0 aliphatic carbocycles. The van der Waals surface area contributed by atoms with Crippen molar-refractivity contribution in [2.75, 3.05) is 52.4 Å². The average molecular weight is 195 g/mol. The van der Waals surface area contributed by atoms with Crippen LogP contribution in [-0.2, 0) is 0 Å². The highest BCUT2D eigenvalue weighted by Gasteiger charge is 2.54. The van der Waals surface area contributed by atoms with Crippen LogP contribution in [0.2, 0.25) is 0 Å². The predicted molar refractivity (Wildman–Crippen MR) is 53.0 cm³/mol. The first-order valence-electron chi connectivity index (χ1n) is 6.00. The summed E-state index contributed by atoms with van der Waals surface area (Å²) in [6.07, 6.45) is 1.59. The van der Waals surface area contributed by atoms with Gasteiger partial charge in [0.25, 0.3) is 0 Å². The third-order valence-electron chi connectivity index (χ3n) is 4.63. The molecule has 4 aliphatic heterocycles. The van der Waals surface area contributed by atoms with E-state index in [0.29, 0.717) is 0 Å². The van der Waals surface area contributed by atoms with Crippen LogP contribution >= 0.6 is 0 Å². The Morgan fingerprint density at radius 3 is 2.07 bits per heavy atom. The van der Waals surface area contributed by atoms with Gasteiger partial charge in [0.15, 0.2) is 6.17 Å². The molecule has 0 radical (unpaired) electrons. The Hall–Kier alpha value is -0.160. The lowest BCUT2D eigenvalue weighted by molar-refractivity contribution is -0.929. The van der Waals surface area contributed by atoms with E-state index >= 15 is 0 Å². The van der Waals surface area contributed by atoms with Crippen molar-refractivity contribution in [3.05, 3.63) is 0 Å². The third-order valence-corrected chi connectivity index (χ3v) is 4.63. The van der Waals surface area contributed by atoms with E-state index in [-0.39, 0.29) is 0 Å². The quantitative estimate of drug-likeness (QED) is 0.459. The molecule has 1 N–H and O–H groups in total. The van der Waals surface area contributed by atoms with Crippen LogP contribution in [0, 0.1) is 0 Å². The van der Waals surface area contributed by atoms with Gasteiger partial charge in [-0.3, -0.25) is 9.80 Å². The standard InChI is InChI=1S/C10H18N4/c1-2-12-7-8-14-4-3-13-6-5-11(1)9(12)10(13)14/h9-10H,1-8H2/p+1. The van der Waals surface area contributed by atoms with Crippen LogP contribution in [-0.4, -0.2) is 79.4 Å². The first-order chi connectivity index (χ1) is 6.93. The minimum Gasteiger partial charge on any atom is -0.315 e. The second kappa shape index (κ2) is 2.70. The SMILES string of the molecule is C1CN2CC[NH+]3CCN4CCN1C2C43. The Balaban J connectivity index is 1.73. The summed E-state index contributed by atoms with van der Waals surface area (Å²) in [6, 6.07) is 0. The lowest BCUT2D eigenvalue weighted by atomic mass is 10.2. The van der Waals surface area contributed by atoms with E-state index in [4.69, 9.17) is 0 Å². The fourth-order valence-corrected chi connectivity index (χ4v) is 3.94. The van der Waals surface area contributed by atoms with Gasteiger partial charge in [0.2, 0.25) is 0 Å². The normalized spacial score (nSPS) is 48.4. The van der Waals surface area contributed by atoms with Crippen LogP contribution in [0.1, 0.15) is 0 Å². The molecular weight excluding hydrogens is 176 g/mol.